The normalized spacial score (nSPS) is 21.5. The summed E-state index contributed by atoms with van der Waals surface area (Å²) < 4.78 is 0. The third-order valence-electron chi connectivity index (χ3n) is 2.44. The van der Waals surface area contributed by atoms with Gasteiger partial charge in [0.25, 0.3) is 0 Å². The Labute approximate surface area is 82.7 Å². The van der Waals surface area contributed by atoms with Crippen molar-refractivity contribution in [3.05, 3.63) is 30.7 Å². The highest BCUT2D eigenvalue weighted by molar-refractivity contribution is 5.02. The Balaban J connectivity index is 2.18. The van der Waals surface area contributed by atoms with Crippen molar-refractivity contribution in [3.63, 3.8) is 0 Å². The fourth-order valence-electron chi connectivity index (χ4n) is 1.60. The highest BCUT2D eigenvalue weighted by atomic mass is 14.0. The number of rotatable bonds is 0. The van der Waals surface area contributed by atoms with Gasteiger partial charge in [0.15, 0.2) is 0 Å². The van der Waals surface area contributed by atoms with Crippen LogP contribution in [0.3, 0.4) is 0 Å². The molecule has 1 rings (SSSR count). The predicted molar refractivity (Wildman–Crippen MR) is 59.5 cm³/mol. The van der Waals surface area contributed by atoms with Gasteiger partial charge in [0.2, 0.25) is 0 Å². The van der Waals surface area contributed by atoms with Crippen LogP contribution in [0.5, 0.6) is 0 Å². The molecule has 0 heterocycles. The average Bonchev–Trinajstić information content (AvgIpc) is 2.18. The molecule has 73 valence electrons. The number of hydrogen-bond acceptors (Lipinski definition) is 0. The summed E-state index contributed by atoms with van der Waals surface area (Å²) in [5.74, 6) is 0. The lowest BCUT2D eigenvalue weighted by atomic mass is 10.1. The minimum Gasteiger partial charge on any atom is -0.0845 e. The van der Waals surface area contributed by atoms with Crippen LogP contribution in [0, 0.1) is 6.42 Å². The highest BCUT2D eigenvalue weighted by Gasteiger charge is 1.91. The molecule has 0 saturated heterocycles. The molecule has 1 radical (unpaired) electrons. The van der Waals surface area contributed by atoms with Gasteiger partial charge in [0.1, 0.15) is 0 Å². The lowest BCUT2D eigenvalue weighted by Crippen LogP contribution is -1.80. The van der Waals surface area contributed by atoms with Crippen LogP contribution < -0.4 is 0 Å². The summed E-state index contributed by atoms with van der Waals surface area (Å²) in [5, 5.41) is 0. The molecule has 0 spiro atoms. The topological polar surface area (TPSA) is 0 Å². The molecule has 0 aliphatic heterocycles. The molecule has 0 N–H and O–H groups in total. The molecule has 0 aromatic rings. The SMILES string of the molecule is [CH]1CCCC=CC=CCCCCC1. The van der Waals surface area contributed by atoms with Crippen molar-refractivity contribution in [1.82, 2.24) is 0 Å². The molecule has 0 aromatic carbocycles. The van der Waals surface area contributed by atoms with Crippen molar-refractivity contribution >= 4 is 0 Å². The highest BCUT2D eigenvalue weighted by Crippen LogP contribution is 2.10. The van der Waals surface area contributed by atoms with E-state index in [4.69, 9.17) is 0 Å². The molecule has 0 atom stereocenters. The third-order valence-corrected chi connectivity index (χ3v) is 2.44. The molecule has 0 nitrogen and oxygen atoms in total. The van der Waals surface area contributed by atoms with E-state index in [2.05, 4.69) is 30.7 Å². The first-order valence-corrected chi connectivity index (χ1v) is 5.63. The Hall–Kier alpha value is -0.520. The van der Waals surface area contributed by atoms with E-state index < -0.39 is 0 Å². The zero-order valence-electron chi connectivity index (χ0n) is 8.54. The van der Waals surface area contributed by atoms with Gasteiger partial charge in [-0.1, -0.05) is 43.6 Å². The van der Waals surface area contributed by atoms with Crippen molar-refractivity contribution in [2.45, 2.75) is 51.4 Å². The lowest BCUT2D eigenvalue weighted by molar-refractivity contribution is 0.660. The van der Waals surface area contributed by atoms with E-state index >= 15 is 0 Å². The van der Waals surface area contributed by atoms with Crippen LogP contribution in [0.15, 0.2) is 24.3 Å². The molecule has 0 fully saturated rings. The van der Waals surface area contributed by atoms with Crippen LogP contribution in [0.2, 0.25) is 0 Å². The molecular formula is C13H21. The van der Waals surface area contributed by atoms with E-state index in [1.165, 1.54) is 51.4 Å². The Kier molecular flexibility index (Phi) is 6.58. The van der Waals surface area contributed by atoms with Crippen molar-refractivity contribution in [1.29, 1.82) is 0 Å². The molecule has 1 aliphatic rings. The van der Waals surface area contributed by atoms with Crippen LogP contribution in [0.25, 0.3) is 0 Å². The maximum Gasteiger partial charge on any atom is -0.0348 e. The standard InChI is InChI=1S/C13H21/c1-2-4-6-8-10-12-13-11-9-7-5-3-1/h1-4,11H,5-10,12-13H2. The summed E-state index contributed by atoms with van der Waals surface area (Å²) in [6, 6.07) is 0. The molecule has 13 heavy (non-hydrogen) atoms. The van der Waals surface area contributed by atoms with Gasteiger partial charge in [0.05, 0.1) is 0 Å². The lowest BCUT2D eigenvalue weighted by Gasteiger charge is -1.98. The minimum atomic E-state index is 1.24. The van der Waals surface area contributed by atoms with E-state index in [1.54, 1.807) is 0 Å². The fraction of sp³-hybridized carbons (Fsp3) is 0.615. The summed E-state index contributed by atoms with van der Waals surface area (Å²) in [4.78, 5) is 0. The van der Waals surface area contributed by atoms with Gasteiger partial charge in [-0.3, -0.25) is 0 Å². The van der Waals surface area contributed by atoms with Gasteiger partial charge in [-0.2, -0.15) is 0 Å². The summed E-state index contributed by atoms with van der Waals surface area (Å²) >= 11 is 0. The van der Waals surface area contributed by atoms with Crippen molar-refractivity contribution in [2.75, 3.05) is 0 Å². The summed E-state index contributed by atoms with van der Waals surface area (Å²) in [6.45, 7) is 0. The van der Waals surface area contributed by atoms with Gasteiger partial charge in [-0.05, 0) is 38.5 Å². The van der Waals surface area contributed by atoms with Crippen molar-refractivity contribution in [3.8, 4) is 0 Å². The first-order chi connectivity index (χ1) is 6.50. The molecule has 0 unspecified atom stereocenters. The molecule has 1 aliphatic carbocycles. The van der Waals surface area contributed by atoms with Crippen molar-refractivity contribution < 1.29 is 0 Å². The zero-order valence-corrected chi connectivity index (χ0v) is 8.54. The Bertz CT molecular complexity index is 135. The number of allylic oxidation sites excluding steroid dienone is 4. The first kappa shape index (κ1) is 10.6. The van der Waals surface area contributed by atoms with Crippen LogP contribution in [-0.4, -0.2) is 0 Å². The van der Waals surface area contributed by atoms with Gasteiger partial charge in [0, 0.05) is 0 Å². The van der Waals surface area contributed by atoms with E-state index in [0.717, 1.165) is 0 Å². The molecule has 0 aromatic heterocycles. The van der Waals surface area contributed by atoms with Crippen LogP contribution in [0.4, 0.5) is 0 Å². The molecule has 0 bridgehead atoms. The smallest absolute Gasteiger partial charge is 0.0348 e. The largest absolute Gasteiger partial charge is 0.0845 e. The Morgan fingerprint density at radius 3 is 2.00 bits per heavy atom. The molecular weight excluding hydrogens is 156 g/mol. The van der Waals surface area contributed by atoms with Gasteiger partial charge in [-0.15, -0.1) is 0 Å². The second kappa shape index (κ2) is 8.10. The number of hydrogen-bond donors (Lipinski definition) is 0. The summed E-state index contributed by atoms with van der Waals surface area (Å²) in [7, 11) is 0. The Morgan fingerprint density at radius 2 is 1.15 bits per heavy atom. The van der Waals surface area contributed by atoms with Gasteiger partial charge < -0.3 is 0 Å². The molecule has 0 saturated carbocycles. The van der Waals surface area contributed by atoms with Crippen molar-refractivity contribution in [2.24, 2.45) is 0 Å². The van der Waals surface area contributed by atoms with E-state index in [0.29, 0.717) is 0 Å². The van der Waals surface area contributed by atoms with Crippen LogP contribution in [0.1, 0.15) is 51.4 Å². The van der Waals surface area contributed by atoms with Crippen LogP contribution in [-0.2, 0) is 0 Å². The molecule has 0 heteroatoms. The average molecular weight is 177 g/mol. The molecule has 0 amide bonds. The monoisotopic (exact) mass is 177 g/mol. The van der Waals surface area contributed by atoms with Gasteiger partial charge in [-0.25, -0.2) is 0 Å². The summed E-state index contributed by atoms with van der Waals surface area (Å²) in [5.41, 5.74) is 0. The predicted octanol–water partition coefficient (Wildman–Crippen LogP) is 4.44. The first-order valence-electron chi connectivity index (χ1n) is 5.63. The quantitative estimate of drug-likeness (QED) is 0.513. The second-order valence-electron chi connectivity index (χ2n) is 3.71. The van der Waals surface area contributed by atoms with E-state index in [1.807, 2.05) is 0 Å². The van der Waals surface area contributed by atoms with Gasteiger partial charge >= 0.3 is 0 Å². The maximum atomic E-state index is 2.46. The maximum absolute atomic E-state index is 2.46. The Morgan fingerprint density at radius 1 is 0.538 bits per heavy atom. The zero-order chi connectivity index (χ0) is 9.19. The van der Waals surface area contributed by atoms with Crippen LogP contribution >= 0.6 is 0 Å². The van der Waals surface area contributed by atoms with E-state index in [-0.39, 0.29) is 0 Å². The van der Waals surface area contributed by atoms with E-state index in [9.17, 15) is 0 Å². The third kappa shape index (κ3) is 6.62. The minimum absolute atomic E-state index is 1.24. The summed E-state index contributed by atoms with van der Waals surface area (Å²) in [6.07, 6.45) is 22.0. The second-order valence-corrected chi connectivity index (χ2v) is 3.71. The fourth-order valence-corrected chi connectivity index (χ4v) is 1.60.